The summed E-state index contributed by atoms with van der Waals surface area (Å²) in [6.45, 7) is 0. The van der Waals surface area contributed by atoms with Gasteiger partial charge in [-0.15, -0.1) is 0 Å². The Bertz CT molecular complexity index is 522. The smallest absolute Gasteiger partial charge is 0.272 e. The number of nitrogens with one attached hydrogen (secondary N) is 1. The Hall–Kier alpha value is -2.14. The molecule has 1 atom stereocenters. The van der Waals surface area contributed by atoms with E-state index in [4.69, 9.17) is 10.2 Å². The van der Waals surface area contributed by atoms with E-state index in [9.17, 15) is 4.79 Å². The summed E-state index contributed by atoms with van der Waals surface area (Å²) in [7, 11) is 1.54. The molecule has 0 saturated carbocycles. The zero-order valence-electron chi connectivity index (χ0n) is 10.1. The van der Waals surface area contributed by atoms with E-state index in [-0.39, 0.29) is 17.6 Å². The largest absolute Gasteiger partial charge is 0.446 e. The second-order valence-corrected chi connectivity index (χ2v) is 3.95. The number of benzene rings is 1. The van der Waals surface area contributed by atoms with Crippen LogP contribution in [0.4, 0.5) is 0 Å². The maximum absolute atomic E-state index is 11.3. The standard InChI is InChI=1S/C13H15N3O2/c1-15-12(17)11-8-18-13(16-11)10(14)7-9-5-3-2-4-6-9/h2-6,8,10H,7,14H2,1H3,(H,15,17). The van der Waals surface area contributed by atoms with Crippen LogP contribution in [0.25, 0.3) is 0 Å². The number of aromatic nitrogens is 1. The van der Waals surface area contributed by atoms with Crippen LogP contribution in [0.3, 0.4) is 0 Å². The highest BCUT2D eigenvalue weighted by Gasteiger charge is 2.16. The van der Waals surface area contributed by atoms with Crippen LogP contribution >= 0.6 is 0 Å². The number of amides is 1. The Morgan fingerprint density at radius 3 is 2.83 bits per heavy atom. The number of oxazole rings is 1. The molecule has 0 aliphatic heterocycles. The molecule has 1 amide bonds. The molecule has 0 radical (unpaired) electrons. The summed E-state index contributed by atoms with van der Waals surface area (Å²) in [5.74, 6) is 0.0920. The first-order valence-corrected chi connectivity index (χ1v) is 5.67. The van der Waals surface area contributed by atoms with Crippen LogP contribution < -0.4 is 11.1 Å². The number of hydrogen-bond acceptors (Lipinski definition) is 4. The third kappa shape index (κ3) is 2.75. The highest BCUT2D eigenvalue weighted by molar-refractivity contribution is 5.91. The summed E-state index contributed by atoms with van der Waals surface area (Å²) in [5.41, 5.74) is 7.34. The van der Waals surface area contributed by atoms with E-state index in [0.29, 0.717) is 12.3 Å². The van der Waals surface area contributed by atoms with E-state index in [0.717, 1.165) is 5.56 Å². The Labute approximate surface area is 105 Å². The number of nitrogens with two attached hydrogens (primary N) is 1. The fraction of sp³-hybridized carbons (Fsp3) is 0.231. The van der Waals surface area contributed by atoms with Gasteiger partial charge in [0.25, 0.3) is 5.91 Å². The summed E-state index contributed by atoms with van der Waals surface area (Å²) >= 11 is 0. The first-order chi connectivity index (χ1) is 8.70. The molecule has 2 aromatic rings. The first kappa shape index (κ1) is 12.3. The second-order valence-electron chi connectivity index (χ2n) is 3.95. The molecule has 3 N–H and O–H groups in total. The molecule has 1 unspecified atom stereocenters. The summed E-state index contributed by atoms with van der Waals surface area (Å²) in [6.07, 6.45) is 1.94. The normalized spacial score (nSPS) is 12.1. The lowest BCUT2D eigenvalue weighted by Gasteiger charge is -2.06. The fourth-order valence-electron chi connectivity index (χ4n) is 1.65. The SMILES string of the molecule is CNC(=O)c1coc(C(N)Cc2ccccc2)n1. The van der Waals surface area contributed by atoms with Crippen molar-refractivity contribution in [3.8, 4) is 0 Å². The molecular formula is C13H15N3O2. The molecule has 1 aromatic carbocycles. The molecule has 0 aliphatic rings. The van der Waals surface area contributed by atoms with E-state index in [2.05, 4.69) is 10.3 Å². The van der Waals surface area contributed by atoms with Gasteiger partial charge < -0.3 is 15.5 Å². The Morgan fingerprint density at radius 2 is 2.17 bits per heavy atom. The van der Waals surface area contributed by atoms with Gasteiger partial charge in [-0.25, -0.2) is 4.98 Å². The van der Waals surface area contributed by atoms with E-state index in [1.54, 1.807) is 7.05 Å². The van der Waals surface area contributed by atoms with E-state index < -0.39 is 0 Å². The van der Waals surface area contributed by atoms with Crippen molar-refractivity contribution in [1.29, 1.82) is 0 Å². The van der Waals surface area contributed by atoms with E-state index in [1.165, 1.54) is 6.26 Å². The van der Waals surface area contributed by atoms with Gasteiger partial charge in [0.15, 0.2) is 5.69 Å². The van der Waals surface area contributed by atoms with Gasteiger partial charge in [0.2, 0.25) is 5.89 Å². The third-order valence-corrected chi connectivity index (χ3v) is 2.60. The maximum Gasteiger partial charge on any atom is 0.272 e. The minimum absolute atomic E-state index is 0.246. The number of hydrogen-bond donors (Lipinski definition) is 2. The average Bonchev–Trinajstić information content (AvgIpc) is 2.88. The first-order valence-electron chi connectivity index (χ1n) is 5.67. The van der Waals surface area contributed by atoms with Crippen LogP contribution in [0.15, 0.2) is 41.0 Å². The number of carbonyl (C=O) groups excluding carboxylic acids is 1. The summed E-state index contributed by atoms with van der Waals surface area (Å²) in [4.78, 5) is 15.4. The van der Waals surface area contributed by atoms with Crippen molar-refractivity contribution >= 4 is 5.91 Å². The van der Waals surface area contributed by atoms with Gasteiger partial charge >= 0.3 is 0 Å². The monoisotopic (exact) mass is 245 g/mol. The van der Waals surface area contributed by atoms with Crippen LogP contribution in [0.2, 0.25) is 0 Å². The highest BCUT2D eigenvalue weighted by atomic mass is 16.3. The van der Waals surface area contributed by atoms with Gasteiger partial charge in [-0.3, -0.25) is 4.79 Å². The molecule has 0 saturated heterocycles. The summed E-state index contributed by atoms with van der Waals surface area (Å²) < 4.78 is 5.22. The van der Waals surface area contributed by atoms with Crippen molar-refractivity contribution in [2.24, 2.45) is 5.73 Å². The van der Waals surface area contributed by atoms with Gasteiger partial charge in [-0.05, 0) is 12.0 Å². The molecule has 2 rings (SSSR count). The molecule has 18 heavy (non-hydrogen) atoms. The number of nitrogens with zero attached hydrogens (tertiary/aromatic N) is 1. The lowest BCUT2D eigenvalue weighted by molar-refractivity contribution is 0.0958. The highest BCUT2D eigenvalue weighted by Crippen LogP contribution is 2.15. The van der Waals surface area contributed by atoms with Crippen LogP contribution in [0, 0.1) is 0 Å². The van der Waals surface area contributed by atoms with E-state index >= 15 is 0 Å². The quantitative estimate of drug-likeness (QED) is 0.850. The van der Waals surface area contributed by atoms with Crippen molar-refractivity contribution in [2.45, 2.75) is 12.5 Å². The average molecular weight is 245 g/mol. The third-order valence-electron chi connectivity index (χ3n) is 2.60. The van der Waals surface area contributed by atoms with Gasteiger partial charge in [0, 0.05) is 7.05 Å². The van der Waals surface area contributed by atoms with Crippen molar-refractivity contribution in [2.75, 3.05) is 7.05 Å². The van der Waals surface area contributed by atoms with Gasteiger partial charge in [-0.2, -0.15) is 0 Å². The summed E-state index contributed by atoms with van der Waals surface area (Å²) in [6, 6.07) is 9.47. The minimum Gasteiger partial charge on any atom is -0.446 e. The Kier molecular flexibility index (Phi) is 3.74. The van der Waals surface area contributed by atoms with Gasteiger partial charge in [-0.1, -0.05) is 30.3 Å². The molecule has 5 nitrogen and oxygen atoms in total. The number of carbonyl (C=O) groups is 1. The van der Waals surface area contributed by atoms with Crippen molar-refractivity contribution in [3.63, 3.8) is 0 Å². The molecule has 1 heterocycles. The maximum atomic E-state index is 11.3. The van der Waals surface area contributed by atoms with Crippen LogP contribution in [-0.2, 0) is 6.42 Å². The van der Waals surface area contributed by atoms with Crippen molar-refractivity contribution in [3.05, 3.63) is 53.7 Å². The van der Waals surface area contributed by atoms with Gasteiger partial charge in [0.1, 0.15) is 6.26 Å². The number of rotatable bonds is 4. The van der Waals surface area contributed by atoms with E-state index in [1.807, 2.05) is 30.3 Å². The lowest BCUT2D eigenvalue weighted by Crippen LogP contribution is -2.19. The van der Waals surface area contributed by atoms with Crippen LogP contribution in [-0.4, -0.2) is 17.9 Å². The molecule has 94 valence electrons. The predicted octanol–water partition coefficient (Wildman–Crippen LogP) is 1.28. The molecule has 0 fully saturated rings. The molecule has 5 heteroatoms. The Morgan fingerprint density at radius 1 is 1.44 bits per heavy atom. The fourth-order valence-corrected chi connectivity index (χ4v) is 1.65. The second kappa shape index (κ2) is 5.46. The summed E-state index contributed by atoms with van der Waals surface area (Å²) in [5, 5.41) is 2.48. The zero-order chi connectivity index (χ0) is 13.0. The minimum atomic E-state index is -0.356. The molecule has 0 aliphatic carbocycles. The van der Waals surface area contributed by atoms with Crippen LogP contribution in [0.5, 0.6) is 0 Å². The zero-order valence-corrected chi connectivity index (χ0v) is 10.1. The predicted molar refractivity (Wildman–Crippen MR) is 67.0 cm³/mol. The Balaban J connectivity index is 2.07. The topological polar surface area (TPSA) is 81.2 Å². The van der Waals surface area contributed by atoms with Crippen molar-refractivity contribution < 1.29 is 9.21 Å². The molecule has 1 aromatic heterocycles. The van der Waals surface area contributed by atoms with Gasteiger partial charge in [0.05, 0.1) is 6.04 Å². The molecule has 0 spiro atoms. The molecule has 0 bridgehead atoms. The lowest BCUT2D eigenvalue weighted by atomic mass is 10.1. The van der Waals surface area contributed by atoms with Crippen molar-refractivity contribution in [1.82, 2.24) is 10.3 Å². The molecular weight excluding hydrogens is 230 g/mol. The van der Waals surface area contributed by atoms with Crippen LogP contribution in [0.1, 0.15) is 28.0 Å².